The molecule has 0 spiro atoms. The normalized spacial score (nSPS) is 14.2. The van der Waals surface area contributed by atoms with E-state index in [2.05, 4.69) is 54.1 Å². The molecule has 2 rings (SSSR count). The lowest BCUT2D eigenvalue weighted by Crippen LogP contribution is -2.40. The Morgan fingerprint density at radius 2 is 1.96 bits per heavy atom. The number of guanidine groups is 1. The number of methoxy groups -OCH3 is 1. The summed E-state index contributed by atoms with van der Waals surface area (Å²) in [5.74, 6) is 1.26. The minimum atomic E-state index is 0.00442. The molecule has 2 N–H and O–H groups in total. The summed E-state index contributed by atoms with van der Waals surface area (Å²) in [6.45, 7) is 6.56. The number of nitrogens with one attached hydrogen (secondary N) is 2. The van der Waals surface area contributed by atoms with Gasteiger partial charge >= 0.3 is 0 Å². The quantitative estimate of drug-likeness (QED) is 0.565. The van der Waals surface area contributed by atoms with Crippen molar-refractivity contribution in [2.24, 2.45) is 4.99 Å². The van der Waals surface area contributed by atoms with Crippen molar-refractivity contribution in [2.75, 3.05) is 26.7 Å². The summed E-state index contributed by atoms with van der Waals surface area (Å²) in [6, 6.07) is 14.5. The van der Waals surface area contributed by atoms with Crippen LogP contribution in [0.25, 0.3) is 0 Å². The average molecular weight is 346 g/mol. The Morgan fingerprint density at radius 3 is 2.58 bits per heavy atom. The molecule has 1 aromatic carbocycles. The molecule has 2 atom stereocenters. The van der Waals surface area contributed by atoms with E-state index in [9.17, 15) is 0 Å². The van der Waals surface area contributed by atoms with Crippen molar-refractivity contribution in [2.45, 2.75) is 25.9 Å². The summed E-state index contributed by atoms with van der Waals surface area (Å²) in [7, 11) is 1.74. The topological polar surface area (TPSA) is 45.7 Å². The molecule has 130 valence electrons. The highest BCUT2D eigenvalue weighted by atomic mass is 32.1. The van der Waals surface area contributed by atoms with Crippen LogP contribution in [-0.2, 0) is 4.74 Å². The Morgan fingerprint density at radius 1 is 1.17 bits per heavy atom. The molecule has 0 bridgehead atoms. The smallest absolute Gasteiger partial charge is 0.191 e. The van der Waals surface area contributed by atoms with E-state index in [1.807, 2.05) is 18.2 Å². The zero-order chi connectivity index (χ0) is 17.2. The Kier molecular flexibility index (Phi) is 7.79. The monoisotopic (exact) mass is 345 g/mol. The van der Waals surface area contributed by atoms with Crippen molar-refractivity contribution in [3.05, 3.63) is 58.3 Å². The molecule has 2 aromatic rings. The van der Waals surface area contributed by atoms with Gasteiger partial charge in [0.05, 0.1) is 12.6 Å². The number of aliphatic imine (C=N–C) groups is 1. The lowest BCUT2D eigenvalue weighted by atomic mass is 10.1. The minimum absolute atomic E-state index is 0.00442. The first-order valence-corrected chi connectivity index (χ1v) is 9.25. The maximum atomic E-state index is 5.61. The van der Waals surface area contributed by atoms with Crippen molar-refractivity contribution < 1.29 is 4.74 Å². The van der Waals surface area contributed by atoms with Gasteiger partial charge < -0.3 is 15.4 Å². The van der Waals surface area contributed by atoms with E-state index in [0.717, 1.165) is 24.6 Å². The molecular weight excluding hydrogens is 318 g/mol. The number of nitrogens with zero attached hydrogens (tertiary/aromatic N) is 1. The third kappa shape index (κ3) is 5.65. The standard InChI is InChI=1S/C19H27N3OS/c1-4-20-19(21-13-15(2)18-11-8-12-24-18)22-14-17(23-3)16-9-6-5-7-10-16/h5-12,15,17H,4,13-14H2,1-3H3,(H2,20,21,22). The van der Waals surface area contributed by atoms with Crippen molar-refractivity contribution in [3.8, 4) is 0 Å². The van der Waals surface area contributed by atoms with E-state index >= 15 is 0 Å². The third-order valence-corrected chi connectivity index (χ3v) is 4.91. The molecule has 1 heterocycles. The number of ether oxygens (including phenoxy) is 1. The Balaban J connectivity index is 1.93. The van der Waals surface area contributed by atoms with Crippen LogP contribution >= 0.6 is 11.3 Å². The Bertz CT molecular complexity index is 598. The van der Waals surface area contributed by atoms with Crippen molar-refractivity contribution in [1.29, 1.82) is 0 Å². The second kappa shape index (κ2) is 10.1. The molecule has 0 saturated carbocycles. The fourth-order valence-corrected chi connectivity index (χ4v) is 3.20. The summed E-state index contributed by atoms with van der Waals surface area (Å²) in [5.41, 5.74) is 1.16. The SMILES string of the molecule is CCNC(=NCC(C)c1cccs1)NCC(OC)c1ccccc1. The zero-order valence-electron chi connectivity index (χ0n) is 14.7. The number of benzene rings is 1. The Hall–Kier alpha value is -1.85. The van der Waals surface area contributed by atoms with E-state index in [0.29, 0.717) is 12.5 Å². The predicted octanol–water partition coefficient (Wildman–Crippen LogP) is 3.79. The minimum Gasteiger partial charge on any atom is -0.375 e. The average Bonchev–Trinajstić information content (AvgIpc) is 3.15. The molecule has 0 radical (unpaired) electrons. The molecule has 0 amide bonds. The molecule has 4 nitrogen and oxygen atoms in total. The molecule has 24 heavy (non-hydrogen) atoms. The van der Waals surface area contributed by atoms with Gasteiger partial charge in [0.2, 0.25) is 0 Å². The van der Waals surface area contributed by atoms with Gasteiger partial charge in [-0.25, -0.2) is 0 Å². The summed E-state index contributed by atoms with van der Waals surface area (Å²) in [5, 5.41) is 8.80. The molecular formula is C19H27N3OS. The van der Waals surface area contributed by atoms with Gasteiger partial charge in [0.1, 0.15) is 0 Å². The highest BCUT2D eigenvalue weighted by Gasteiger charge is 2.11. The summed E-state index contributed by atoms with van der Waals surface area (Å²) in [4.78, 5) is 6.08. The van der Waals surface area contributed by atoms with Gasteiger partial charge in [-0.2, -0.15) is 0 Å². The lowest BCUT2D eigenvalue weighted by Gasteiger charge is -2.19. The van der Waals surface area contributed by atoms with Crippen molar-refractivity contribution in [1.82, 2.24) is 10.6 Å². The molecule has 0 aliphatic rings. The molecule has 0 fully saturated rings. The lowest BCUT2D eigenvalue weighted by molar-refractivity contribution is 0.106. The second-order valence-corrected chi connectivity index (χ2v) is 6.63. The molecule has 2 unspecified atom stereocenters. The van der Waals surface area contributed by atoms with Gasteiger partial charge in [-0.05, 0) is 23.9 Å². The van der Waals surface area contributed by atoms with E-state index < -0.39 is 0 Å². The molecule has 0 aliphatic carbocycles. The third-order valence-electron chi connectivity index (χ3n) is 3.81. The van der Waals surface area contributed by atoms with Crippen LogP contribution in [0.1, 0.15) is 36.3 Å². The molecule has 0 aliphatic heterocycles. The van der Waals surface area contributed by atoms with Gasteiger partial charge in [0.25, 0.3) is 0 Å². The molecule has 1 aromatic heterocycles. The first kappa shape index (κ1) is 18.5. The van der Waals surface area contributed by atoms with Gasteiger partial charge in [-0.15, -0.1) is 11.3 Å². The van der Waals surface area contributed by atoms with Crippen LogP contribution in [0.2, 0.25) is 0 Å². The van der Waals surface area contributed by atoms with Crippen molar-refractivity contribution in [3.63, 3.8) is 0 Å². The van der Waals surface area contributed by atoms with Crippen LogP contribution in [-0.4, -0.2) is 32.7 Å². The van der Waals surface area contributed by atoms with Gasteiger partial charge in [-0.3, -0.25) is 4.99 Å². The first-order valence-electron chi connectivity index (χ1n) is 8.38. The van der Waals surface area contributed by atoms with Gasteiger partial charge in [-0.1, -0.05) is 43.3 Å². The Labute approximate surface area is 149 Å². The van der Waals surface area contributed by atoms with E-state index in [4.69, 9.17) is 9.73 Å². The largest absolute Gasteiger partial charge is 0.375 e. The number of hydrogen-bond donors (Lipinski definition) is 2. The fourth-order valence-electron chi connectivity index (χ4n) is 2.43. The summed E-state index contributed by atoms with van der Waals surface area (Å²) >= 11 is 1.79. The number of rotatable bonds is 8. The van der Waals surface area contributed by atoms with E-state index in [-0.39, 0.29) is 6.10 Å². The fraction of sp³-hybridized carbons (Fsp3) is 0.421. The summed E-state index contributed by atoms with van der Waals surface area (Å²) in [6.07, 6.45) is 0.00442. The zero-order valence-corrected chi connectivity index (χ0v) is 15.5. The highest BCUT2D eigenvalue weighted by Crippen LogP contribution is 2.20. The van der Waals surface area contributed by atoms with Crippen LogP contribution in [0.4, 0.5) is 0 Å². The van der Waals surface area contributed by atoms with Crippen LogP contribution in [0, 0.1) is 0 Å². The van der Waals surface area contributed by atoms with E-state index in [1.165, 1.54) is 4.88 Å². The molecule has 0 saturated heterocycles. The highest BCUT2D eigenvalue weighted by molar-refractivity contribution is 7.10. The maximum absolute atomic E-state index is 5.61. The van der Waals surface area contributed by atoms with Crippen LogP contribution in [0.15, 0.2) is 52.8 Å². The van der Waals surface area contributed by atoms with Crippen LogP contribution in [0.5, 0.6) is 0 Å². The van der Waals surface area contributed by atoms with Crippen LogP contribution < -0.4 is 10.6 Å². The van der Waals surface area contributed by atoms with Gasteiger partial charge in [0, 0.05) is 31.0 Å². The van der Waals surface area contributed by atoms with Gasteiger partial charge in [0.15, 0.2) is 5.96 Å². The van der Waals surface area contributed by atoms with Crippen LogP contribution in [0.3, 0.4) is 0 Å². The van der Waals surface area contributed by atoms with E-state index in [1.54, 1.807) is 18.4 Å². The first-order chi connectivity index (χ1) is 11.7. The second-order valence-electron chi connectivity index (χ2n) is 5.65. The number of hydrogen-bond acceptors (Lipinski definition) is 3. The summed E-state index contributed by atoms with van der Waals surface area (Å²) < 4.78 is 5.61. The maximum Gasteiger partial charge on any atom is 0.191 e. The predicted molar refractivity (Wildman–Crippen MR) is 103 cm³/mol. The number of thiophene rings is 1. The van der Waals surface area contributed by atoms with Crippen molar-refractivity contribution >= 4 is 17.3 Å². The molecule has 5 heteroatoms.